The number of ether oxygens (including phenoxy) is 1. The Bertz CT molecular complexity index is 575. The molecule has 1 unspecified atom stereocenters. The van der Waals surface area contributed by atoms with Crippen LogP contribution in [-0.4, -0.2) is 7.11 Å². The summed E-state index contributed by atoms with van der Waals surface area (Å²) in [7, 11) is 1.72. The predicted octanol–water partition coefficient (Wildman–Crippen LogP) is 5.13. The van der Waals surface area contributed by atoms with E-state index in [2.05, 4.69) is 68.6 Å². The molecule has 1 atom stereocenters. The lowest BCUT2D eigenvalue weighted by Gasteiger charge is -2.21. The molecule has 0 fully saturated rings. The van der Waals surface area contributed by atoms with Crippen molar-refractivity contribution in [1.29, 1.82) is 0 Å². The minimum atomic E-state index is 0.299. The van der Waals surface area contributed by atoms with Crippen LogP contribution in [0.5, 0.6) is 5.75 Å². The van der Waals surface area contributed by atoms with E-state index in [1.54, 1.807) is 7.11 Å². The summed E-state index contributed by atoms with van der Waals surface area (Å²) in [6.07, 6.45) is 2.11. The Labute approximate surface area is 128 Å². The Morgan fingerprint density at radius 1 is 1.05 bits per heavy atom. The Balaban J connectivity index is 2.22. The molecule has 1 N–H and O–H groups in total. The zero-order valence-electron chi connectivity index (χ0n) is 13.4. The fourth-order valence-electron chi connectivity index (χ4n) is 2.51. The van der Waals surface area contributed by atoms with Gasteiger partial charge in [-0.25, -0.2) is 0 Å². The van der Waals surface area contributed by atoms with E-state index in [1.807, 2.05) is 0 Å². The monoisotopic (exact) mass is 283 g/mol. The third-order valence-corrected chi connectivity index (χ3v) is 3.89. The molecule has 0 radical (unpaired) electrons. The maximum atomic E-state index is 5.48. The van der Waals surface area contributed by atoms with Gasteiger partial charge in [-0.3, -0.25) is 0 Å². The Morgan fingerprint density at radius 2 is 1.76 bits per heavy atom. The number of benzene rings is 2. The Kier molecular flexibility index (Phi) is 5.26. The fraction of sp³-hybridized carbons (Fsp3) is 0.368. The van der Waals surface area contributed by atoms with Crippen molar-refractivity contribution in [2.24, 2.45) is 0 Å². The van der Waals surface area contributed by atoms with Crippen molar-refractivity contribution in [2.75, 3.05) is 12.4 Å². The zero-order valence-corrected chi connectivity index (χ0v) is 13.4. The number of anilines is 1. The zero-order chi connectivity index (χ0) is 15.2. The molecule has 0 aliphatic rings. The van der Waals surface area contributed by atoms with E-state index >= 15 is 0 Å². The number of nitrogens with one attached hydrogen (secondary N) is 1. The van der Waals surface area contributed by atoms with Gasteiger partial charge in [0.1, 0.15) is 5.75 Å². The van der Waals surface area contributed by atoms with Gasteiger partial charge in [0, 0.05) is 0 Å². The molecule has 0 aromatic heterocycles. The summed E-state index contributed by atoms with van der Waals surface area (Å²) in [5, 5.41) is 3.60. The first-order valence-corrected chi connectivity index (χ1v) is 7.68. The maximum absolute atomic E-state index is 5.48. The molecular formula is C19H25NO. The lowest BCUT2D eigenvalue weighted by molar-refractivity contribution is 0.415. The minimum absolute atomic E-state index is 0.299. The van der Waals surface area contributed by atoms with Crippen molar-refractivity contribution in [3.8, 4) is 5.75 Å². The van der Waals surface area contributed by atoms with Crippen LogP contribution in [0.1, 0.15) is 43.0 Å². The molecule has 0 saturated heterocycles. The molecule has 2 heteroatoms. The van der Waals surface area contributed by atoms with Gasteiger partial charge in [0.15, 0.2) is 0 Å². The van der Waals surface area contributed by atoms with Crippen molar-refractivity contribution in [3.05, 3.63) is 59.2 Å². The summed E-state index contributed by atoms with van der Waals surface area (Å²) < 4.78 is 5.48. The van der Waals surface area contributed by atoms with Crippen LogP contribution in [0.2, 0.25) is 0 Å². The highest BCUT2D eigenvalue weighted by molar-refractivity contribution is 5.58. The average molecular weight is 283 g/mol. The summed E-state index contributed by atoms with van der Waals surface area (Å²) in [5.74, 6) is 0.902. The van der Waals surface area contributed by atoms with Gasteiger partial charge in [-0.1, -0.05) is 44.2 Å². The molecule has 0 saturated carbocycles. The molecule has 0 aliphatic heterocycles. The van der Waals surface area contributed by atoms with Crippen molar-refractivity contribution in [1.82, 2.24) is 0 Å². The summed E-state index contributed by atoms with van der Waals surface area (Å²) in [6, 6.07) is 15.4. The largest absolute Gasteiger partial charge is 0.495 e. The predicted molar refractivity (Wildman–Crippen MR) is 90.2 cm³/mol. The van der Waals surface area contributed by atoms with Crippen LogP contribution in [0.3, 0.4) is 0 Å². The van der Waals surface area contributed by atoms with Gasteiger partial charge in [-0.15, -0.1) is 0 Å². The fourth-order valence-corrected chi connectivity index (χ4v) is 2.51. The molecule has 21 heavy (non-hydrogen) atoms. The van der Waals surface area contributed by atoms with Crippen LogP contribution in [0.25, 0.3) is 0 Å². The molecular weight excluding hydrogens is 258 g/mol. The minimum Gasteiger partial charge on any atom is -0.495 e. The van der Waals surface area contributed by atoms with Gasteiger partial charge in [-0.2, -0.15) is 0 Å². The lowest BCUT2D eigenvalue weighted by Crippen LogP contribution is -2.10. The van der Waals surface area contributed by atoms with Crippen LogP contribution < -0.4 is 10.1 Å². The Hall–Kier alpha value is -1.96. The second-order valence-electron chi connectivity index (χ2n) is 5.40. The molecule has 0 bridgehead atoms. The Morgan fingerprint density at radius 3 is 2.33 bits per heavy atom. The van der Waals surface area contributed by atoms with Crippen LogP contribution in [0.15, 0.2) is 42.5 Å². The van der Waals surface area contributed by atoms with E-state index in [1.165, 1.54) is 16.7 Å². The van der Waals surface area contributed by atoms with E-state index in [9.17, 15) is 0 Å². The van der Waals surface area contributed by atoms with Crippen LogP contribution in [0.4, 0.5) is 5.69 Å². The summed E-state index contributed by atoms with van der Waals surface area (Å²) in [4.78, 5) is 0. The second kappa shape index (κ2) is 7.16. The smallest absolute Gasteiger partial charge is 0.142 e. The highest BCUT2D eigenvalue weighted by atomic mass is 16.5. The number of hydrogen-bond acceptors (Lipinski definition) is 2. The molecule has 2 aromatic carbocycles. The van der Waals surface area contributed by atoms with Crippen molar-refractivity contribution in [3.63, 3.8) is 0 Å². The summed E-state index contributed by atoms with van der Waals surface area (Å²) >= 11 is 0. The van der Waals surface area contributed by atoms with Crippen LogP contribution in [-0.2, 0) is 6.42 Å². The van der Waals surface area contributed by atoms with Crippen LogP contribution >= 0.6 is 0 Å². The highest BCUT2D eigenvalue weighted by Crippen LogP contribution is 2.30. The van der Waals surface area contributed by atoms with E-state index in [-0.39, 0.29) is 0 Å². The lowest BCUT2D eigenvalue weighted by atomic mass is 10.0. The van der Waals surface area contributed by atoms with Gasteiger partial charge in [0.2, 0.25) is 0 Å². The number of aryl methyl sites for hydroxylation is 2. The maximum Gasteiger partial charge on any atom is 0.142 e. The van der Waals surface area contributed by atoms with Gasteiger partial charge < -0.3 is 10.1 Å². The van der Waals surface area contributed by atoms with Gasteiger partial charge in [-0.05, 0) is 48.6 Å². The molecule has 2 nitrogen and oxygen atoms in total. The van der Waals surface area contributed by atoms with E-state index in [0.717, 1.165) is 24.3 Å². The van der Waals surface area contributed by atoms with Crippen LogP contribution in [0, 0.1) is 6.92 Å². The molecule has 0 heterocycles. The first-order chi connectivity index (χ1) is 10.2. The number of hydrogen-bond donors (Lipinski definition) is 1. The van der Waals surface area contributed by atoms with Crippen molar-refractivity contribution < 1.29 is 4.74 Å². The third-order valence-electron chi connectivity index (χ3n) is 3.89. The van der Waals surface area contributed by atoms with E-state index in [0.29, 0.717) is 6.04 Å². The normalized spacial score (nSPS) is 12.0. The average Bonchev–Trinajstić information content (AvgIpc) is 2.53. The molecule has 0 aliphatic carbocycles. The third kappa shape index (κ3) is 3.78. The highest BCUT2D eigenvalue weighted by Gasteiger charge is 2.12. The van der Waals surface area contributed by atoms with Gasteiger partial charge in [0.05, 0.1) is 18.8 Å². The van der Waals surface area contributed by atoms with E-state index in [4.69, 9.17) is 4.74 Å². The van der Waals surface area contributed by atoms with Crippen molar-refractivity contribution >= 4 is 5.69 Å². The molecule has 0 spiro atoms. The molecule has 112 valence electrons. The summed E-state index contributed by atoms with van der Waals surface area (Å²) in [5.41, 5.74) is 4.95. The standard InChI is InChI=1S/C19H25NO/c1-5-15-8-10-16(11-9-15)17(6-2)20-18-12-7-14(3)13-19(18)21-4/h7-13,17,20H,5-6H2,1-4H3. The first kappa shape index (κ1) is 15.4. The topological polar surface area (TPSA) is 21.3 Å². The second-order valence-corrected chi connectivity index (χ2v) is 5.40. The molecule has 0 amide bonds. The van der Waals surface area contributed by atoms with Gasteiger partial charge >= 0.3 is 0 Å². The van der Waals surface area contributed by atoms with Crippen molar-refractivity contribution in [2.45, 2.75) is 39.7 Å². The van der Waals surface area contributed by atoms with E-state index < -0.39 is 0 Å². The number of rotatable bonds is 6. The molecule has 2 rings (SSSR count). The summed E-state index contributed by atoms with van der Waals surface area (Å²) in [6.45, 7) is 6.46. The van der Waals surface area contributed by atoms with Gasteiger partial charge in [0.25, 0.3) is 0 Å². The molecule has 2 aromatic rings. The first-order valence-electron chi connectivity index (χ1n) is 7.68. The number of methoxy groups -OCH3 is 1. The SMILES string of the molecule is CCc1ccc(C(CC)Nc2ccc(C)cc2OC)cc1. The quantitative estimate of drug-likeness (QED) is 0.793.